The number of thioether (sulfide) groups is 1. The molecule has 0 saturated carbocycles. The van der Waals surface area contributed by atoms with E-state index in [1.165, 1.54) is 16.8 Å². The number of nitrogens with zero attached hydrogens (tertiary/aromatic N) is 3. The van der Waals surface area contributed by atoms with Crippen LogP contribution in [0.25, 0.3) is 0 Å². The summed E-state index contributed by atoms with van der Waals surface area (Å²) in [5, 5.41) is 9.27. The second kappa shape index (κ2) is 6.37. The molecule has 0 aliphatic carbocycles. The number of anilines is 1. The number of amides is 1. The minimum absolute atomic E-state index is 0.0228. The van der Waals surface area contributed by atoms with Gasteiger partial charge in [-0.25, -0.2) is 5.01 Å². The van der Waals surface area contributed by atoms with Crippen molar-refractivity contribution in [3.63, 3.8) is 0 Å². The van der Waals surface area contributed by atoms with Crippen molar-refractivity contribution < 1.29 is 4.79 Å². The van der Waals surface area contributed by atoms with E-state index in [-0.39, 0.29) is 10.5 Å². The van der Waals surface area contributed by atoms with Gasteiger partial charge in [-0.15, -0.1) is 0 Å². The van der Waals surface area contributed by atoms with E-state index in [1.807, 2.05) is 37.3 Å². The standard InChI is InChI=1S/C19H18N4OS/c1-12-18(22-23(2)19(24)25-12)13-8-9-16-15(10-13)17(11-20-16)21-14-6-4-3-5-7-14/h3-10,12,20H,11H2,1-2H3. The van der Waals surface area contributed by atoms with E-state index in [0.717, 1.165) is 33.9 Å². The number of aliphatic imine (C=N–C) groups is 1. The van der Waals surface area contributed by atoms with Crippen LogP contribution in [0.2, 0.25) is 0 Å². The van der Waals surface area contributed by atoms with Gasteiger partial charge in [0.25, 0.3) is 0 Å². The third kappa shape index (κ3) is 3.05. The first-order valence-corrected chi connectivity index (χ1v) is 9.04. The number of hydrogen-bond acceptors (Lipinski definition) is 5. The second-order valence-electron chi connectivity index (χ2n) is 6.04. The molecule has 6 heteroatoms. The number of nitrogens with one attached hydrogen (secondary N) is 1. The fourth-order valence-electron chi connectivity index (χ4n) is 2.99. The first-order valence-electron chi connectivity index (χ1n) is 8.16. The molecule has 2 aromatic carbocycles. The number of hydrogen-bond donors (Lipinski definition) is 1. The topological polar surface area (TPSA) is 57.1 Å². The van der Waals surface area contributed by atoms with Crippen molar-refractivity contribution in [2.45, 2.75) is 12.2 Å². The summed E-state index contributed by atoms with van der Waals surface area (Å²) in [5.74, 6) is 0. The number of carbonyl (C=O) groups excluding carboxylic acids is 1. The molecule has 0 radical (unpaired) electrons. The fourth-order valence-corrected chi connectivity index (χ4v) is 3.78. The predicted octanol–water partition coefficient (Wildman–Crippen LogP) is 4.12. The first kappa shape index (κ1) is 15.9. The molecule has 0 spiro atoms. The van der Waals surface area contributed by atoms with Crippen LogP contribution in [0.4, 0.5) is 16.2 Å². The van der Waals surface area contributed by atoms with Gasteiger partial charge in [-0.05, 0) is 36.8 Å². The molecule has 126 valence electrons. The van der Waals surface area contributed by atoms with E-state index in [1.54, 1.807) is 7.05 Å². The smallest absolute Gasteiger partial charge is 0.302 e. The van der Waals surface area contributed by atoms with Crippen molar-refractivity contribution >= 4 is 39.8 Å². The number of rotatable bonds is 2. The molecule has 2 aromatic rings. The third-order valence-electron chi connectivity index (χ3n) is 4.28. The molecule has 2 aliphatic rings. The average molecular weight is 350 g/mol. The Labute approximate surface area is 150 Å². The Bertz CT molecular complexity index is 892. The van der Waals surface area contributed by atoms with Crippen molar-refractivity contribution in [3.8, 4) is 0 Å². The minimum atomic E-state index is -0.0228. The number of fused-ring (bicyclic) bond motifs is 1. The Kier molecular flexibility index (Phi) is 4.05. The van der Waals surface area contributed by atoms with Crippen LogP contribution in [-0.2, 0) is 0 Å². The summed E-state index contributed by atoms with van der Waals surface area (Å²) in [5.41, 5.74) is 6.09. The van der Waals surface area contributed by atoms with Gasteiger partial charge in [-0.1, -0.05) is 36.0 Å². The van der Waals surface area contributed by atoms with Gasteiger partial charge >= 0.3 is 5.24 Å². The highest BCUT2D eigenvalue weighted by atomic mass is 32.2. The van der Waals surface area contributed by atoms with Gasteiger partial charge in [-0.2, -0.15) is 5.10 Å². The molecule has 4 rings (SSSR count). The van der Waals surface area contributed by atoms with Gasteiger partial charge in [0, 0.05) is 18.3 Å². The van der Waals surface area contributed by atoms with Crippen LogP contribution in [0.1, 0.15) is 18.1 Å². The highest BCUT2D eigenvalue weighted by Crippen LogP contribution is 2.30. The molecule has 1 N–H and O–H groups in total. The van der Waals surface area contributed by atoms with Crippen molar-refractivity contribution in [3.05, 3.63) is 59.7 Å². The van der Waals surface area contributed by atoms with Crippen molar-refractivity contribution in [1.29, 1.82) is 0 Å². The quantitative estimate of drug-likeness (QED) is 0.886. The number of benzene rings is 2. The van der Waals surface area contributed by atoms with Crippen LogP contribution < -0.4 is 5.32 Å². The molecule has 2 aliphatic heterocycles. The lowest BCUT2D eigenvalue weighted by molar-refractivity contribution is 0.234. The minimum Gasteiger partial charge on any atom is -0.379 e. The summed E-state index contributed by atoms with van der Waals surface area (Å²) < 4.78 is 0. The van der Waals surface area contributed by atoms with Gasteiger partial charge < -0.3 is 5.32 Å². The fraction of sp³-hybridized carbons (Fsp3) is 0.211. The molecule has 0 fully saturated rings. The van der Waals surface area contributed by atoms with Crippen LogP contribution in [-0.4, -0.2) is 40.5 Å². The highest BCUT2D eigenvalue weighted by molar-refractivity contribution is 8.14. The number of hydrazone groups is 1. The molecule has 1 unspecified atom stereocenters. The van der Waals surface area contributed by atoms with E-state index in [2.05, 4.69) is 28.6 Å². The van der Waals surface area contributed by atoms with Gasteiger partial charge in [-0.3, -0.25) is 9.79 Å². The maximum Gasteiger partial charge on any atom is 0.302 e. The molecule has 0 saturated heterocycles. The lowest BCUT2D eigenvalue weighted by Gasteiger charge is -2.24. The van der Waals surface area contributed by atoms with Crippen LogP contribution >= 0.6 is 11.8 Å². The normalized spacial score (nSPS) is 21.1. The summed E-state index contributed by atoms with van der Waals surface area (Å²) in [6.45, 7) is 2.72. The maximum absolute atomic E-state index is 11.8. The summed E-state index contributed by atoms with van der Waals surface area (Å²) in [4.78, 5) is 16.6. The van der Waals surface area contributed by atoms with Crippen LogP contribution in [0, 0.1) is 0 Å². The first-order chi connectivity index (χ1) is 12.1. The Morgan fingerprint density at radius 1 is 1.24 bits per heavy atom. The summed E-state index contributed by atoms with van der Waals surface area (Å²) in [7, 11) is 1.69. The van der Waals surface area contributed by atoms with E-state index in [4.69, 9.17) is 4.99 Å². The lowest BCUT2D eigenvalue weighted by Crippen LogP contribution is -2.31. The number of carbonyl (C=O) groups is 1. The van der Waals surface area contributed by atoms with E-state index in [9.17, 15) is 4.79 Å². The molecule has 0 aromatic heterocycles. The van der Waals surface area contributed by atoms with Crippen molar-refractivity contribution in [1.82, 2.24) is 5.01 Å². The predicted molar refractivity (Wildman–Crippen MR) is 104 cm³/mol. The average Bonchev–Trinajstić information content (AvgIpc) is 3.01. The monoisotopic (exact) mass is 350 g/mol. The van der Waals surface area contributed by atoms with Gasteiger partial charge in [0.05, 0.1) is 28.9 Å². The van der Waals surface area contributed by atoms with Crippen LogP contribution in [0.3, 0.4) is 0 Å². The Balaban J connectivity index is 1.73. The molecule has 0 bridgehead atoms. The number of para-hydroxylation sites is 1. The van der Waals surface area contributed by atoms with E-state index in [0.29, 0.717) is 6.54 Å². The Hall–Kier alpha value is -2.60. The lowest BCUT2D eigenvalue weighted by atomic mass is 10.0. The zero-order valence-electron chi connectivity index (χ0n) is 14.1. The van der Waals surface area contributed by atoms with Crippen molar-refractivity contribution in [2.24, 2.45) is 10.1 Å². The van der Waals surface area contributed by atoms with Gasteiger partial charge in [0.2, 0.25) is 0 Å². The Morgan fingerprint density at radius 3 is 2.84 bits per heavy atom. The summed E-state index contributed by atoms with van der Waals surface area (Å²) in [6, 6.07) is 16.2. The molecule has 1 amide bonds. The summed E-state index contributed by atoms with van der Waals surface area (Å²) in [6.07, 6.45) is 0. The largest absolute Gasteiger partial charge is 0.379 e. The molecule has 25 heavy (non-hydrogen) atoms. The molecule has 5 nitrogen and oxygen atoms in total. The van der Waals surface area contributed by atoms with Gasteiger partial charge in [0.15, 0.2) is 0 Å². The summed E-state index contributed by atoms with van der Waals surface area (Å²) >= 11 is 1.30. The highest BCUT2D eigenvalue weighted by Gasteiger charge is 2.27. The van der Waals surface area contributed by atoms with Crippen LogP contribution in [0.5, 0.6) is 0 Å². The second-order valence-corrected chi connectivity index (χ2v) is 7.33. The van der Waals surface area contributed by atoms with Crippen LogP contribution in [0.15, 0.2) is 58.6 Å². The molecular formula is C19H18N4OS. The molecule has 1 atom stereocenters. The Morgan fingerprint density at radius 2 is 2.04 bits per heavy atom. The SMILES string of the molecule is CC1SC(=O)N(C)N=C1c1ccc2c(c1)C(=Nc1ccccc1)CN2. The third-order valence-corrected chi connectivity index (χ3v) is 5.32. The molecular weight excluding hydrogens is 332 g/mol. The maximum atomic E-state index is 11.8. The molecule has 2 heterocycles. The van der Waals surface area contributed by atoms with Crippen molar-refractivity contribution in [2.75, 3.05) is 18.9 Å². The zero-order chi connectivity index (χ0) is 17.4. The zero-order valence-corrected chi connectivity index (χ0v) is 14.9. The van der Waals surface area contributed by atoms with E-state index < -0.39 is 0 Å². The van der Waals surface area contributed by atoms with Gasteiger partial charge in [0.1, 0.15) is 0 Å². The van der Waals surface area contributed by atoms with E-state index >= 15 is 0 Å².